The fourth-order valence-electron chi connectivity index (χ4n) is 1.16. The number of amides is 1. The third kappa shape index (κ3) is 5.34. The van der Waals surface area contributed by atoms with Crippen molar-refractivity contribution in [3.63, 3.8) is 0 Å². The van der Waals surface area contributed by atoms with Crippen molar-refractivity contribution in [1.82, 2.24) is 5.43 Å². The number of hydrazone groups is 1. The predicted octanol–water partition coefficient (Wildman–Crippen LogP) is 1.98. The van der Waals surface area contributed by atoms with Crippen LogP contribution in [0.5, 0.6) is 11.5 Å². The fraction of sp³-hybridized carbons (Fsp3) is 0.385. The normalized spacial score (nSPS) is 10.3. The van der Waals surface area contributed by atoms with Gasteiger partial charge in [-0.25, -0.2) is 5.43 Å². The van der Waals surface area contributed by atoms with Crippen LogP contribution in [0.1, 0.15) is 19.8 Å². The first-order valence-electron chi connectivity index (χ1n) is 5.83. The maximum Gasteiger partial charge on any atom is 0.277 e. The van der Waals surface area contributed by atoms with Gasteiger partial charge in [0, 0.05) is 6.21 Å². The molecule has 1 aromatic carbocycles. The Morgan fingerprint density at radius 3 is 2.61 bits per heavy atom. The summed E-state index contributed by atoms with van der Waals surface area (Å²) in [5.74, 6) is 1.08. The topological polar surface area (TPSA) is 59.9 Å². The maximum absolute atomic E-state index is 11.3. The number of rotatable bonds is 7. The van der Waals surface area contributed by atoms with Gasteiger partial charge in [0.25, 0.3) is 5.91 Å². The number of nitrogens with zero attached hydrogens (tertiary/aromatic N) is 1. The highest BCUT2D eigenvalue weighted by Crippen LogP contribution is 2.16. The van der Waals surface area contributed by atoms with Crippen molar-refractivity contribution >= 4 is 12.1 Å². The minimum absolute atomic E-state index is 0.0597. The monoisotopic (exact) mass is 250 g/mol. The van der Waals surface area contributed by atoms with Crippen LogP contribution < -0.4 is 14.9 Å². The van der Waals surface area contributed by atoms with Crippen LogP contribution in [0.2, 0.25) is 0 Å². The molecule has 0 heterocycles. The molecule has 1 amide bonds. The molecule has 98 valence electrons. The van der Waals surface area contributed by atoms with Gasteiger partial charge in [-0.15, -0.1) is 0 Å². The number of benzene rings is 1. The van der Waals surface area contributed by atoms with E-state index in [0.29, 0.717) is 5.75 Å². The van der Waals surface area contributed by atoms with E-state index in [9.17, 15) is 4.79 Å². The first kappa shape index (κ1) is 14.0. The Morgan fingerprint density at radius 2 is 2.00 bits per heavy atom. The summed E-state index contributed by atoms with van der Waals surface area (Å²) in [5, 5.41) is 3.78. The Balaban J connectivity index is 2.28. The van der Waals surface area contributed by atoms with E-state index in [-0.39, 0.29) is 12.5 Å². The number of unbranched alkanes of at least 4 members (excludes halogenated alkanes) is 1. The summed E-state index contributed by atoms with van der Waals surface area (Å²) in [5.41, 5.74) is 2.39. The van der Waals surface area contributed by atoms with Crippen molar-refractivity contribution in [3.05, 3.63) is 24.3 Å². The summed E-state index contributed by atoms with van der Waals surface area (Å²) in [7, 11) is 1.59. The van der Waals surface area contributed by atoms with Gasteiger partial charge < -0.3 is 9.47 Å². The zero-order chi connectivity index (χ0) is 13.2. The van der Waals surface area contributed by atoms with Crippen molar-refractivity contribution in [2.24, 2.45) is 5.10 Å². The number of carbonyl (C=O) groups is 1. The molecule has 0 fully saturated rings. The standard InChI is InChI=1S/C13H18N2O3/c1-3-4-9-14-15-13(16)10-18-12-7-5-11(17-2)6-8-12/h5-9H,3-4,10H2,1-2H3,(H,15,16). The molecule has 5 heteroatoms. The average molecular weight is 250 g/mol. The average Bonchev–Trinajstić information content (AvgIpc) is 2.42. The predicted molar refractivity (Wildman–Crippen MR) is 70.0 cm³/mol. The lowest BCUT2D eigenvalue weighted by atomic mass is 10.3. The molecule has 5 nitrogen and oxygen atoms in total. The Morgan fingerprint density at radius 1 is 1.33 bits per heavy atom. The van der Waals surface area contributed by atoms with Crippen LogP contribution in [-0.4, -0.2) is 25.8 Å². The van der Waals surface area contributed by atoms with Gasteiger partial charge in [-0.3, -0.25) is 4.79 Å². The summed E-state index contributed by atoms with van der Waals surface area (Å²) in [6.45, 7) is 1.98. The summed E-state index contributed by atoms with van der Waals surface area (Å²) >= 11 is 0. The SMILES string of the molecule is CCCC=NNC(=O)COc1ccc(OC)cc1. The molecule has 0 aliphatic heterocycles. The Kier molecular flexibility index (Phi) is 6.32. The lowest BCUT2D eigenvalue weighted by Gasteiger charge is -2.05. The van der Waals surface area contributed by atoms with E-state index >= 15 is 0 Å². The highest BCUT2D eigenvalue weighted by Gasteiger charge is 2.01. The van der Waals surface area contributed by atoms with Crippen molar-refractivity contribution < 1.29 is 14.3 Å². The van der Waals surface area contributed by atoms with E-state index in [2.05, 4.69) is 10.5 Å². The second kappa shape index (κ2) is 8.11. The van der Waals surface area contributed by atoms with Crippen LogP contribution in [0.3, 0.4) is 0 Å². The Labute approximate surface area is 107 Å². The first-order valence-corrected chi connectivity index (χ1v) is 5.83. The van der Waals surface area contributed by atoms with Crippen LogP contribution in [0.4, 0.5) is 0 Å². The van der Waals surface area contributed by atoms with Crippen LogP contribution in [0.25, 0.3) is 0 Å². The van der Waals surface area contributed by atoms with E-state index in [1.807, 2.05) is 6.92 Å². The molecular weight excluding hydrogens is 232 g/mol. The molecule has 0 radical (unpaired) electrons. The van der Waals surface area contributed by atoms with Gasteiger partial charge >= 0.3 is 0 Å². The molecule has 0 saturated heterocycles. The quantitative estimate of drug-likeness (QED) is 0.594. The smallest absolute Gasteiger partial charge is 0.277 e. The number of ether oxygens (including phenoxy) is 2. The molecule has 0 aliphatic carbocycles. The maximum atomic E-state index is 11.3. The number of carbonyl (C=O) groups excluding carboxylic acids is 1. The molecule has 0 bridgehead atoms. The molecule has 1 aromatic rings. The van der Waals surface area contributed by atoms with E-state index in [1.54, 1.807) is 37.6 Å². The third-order valence-corrected chi connectivity index (χ3v) is 2.13. The molecule has 1 N–H and O–H groups in total. The molecule has 0 unspecified atom stereocenters. The van der Waals surface area contributed by atoms with Gasteiger partial charge in [0.1, 0.15) is 11.5 Å². The zero-order valence-corrected chi connectivity index (χ0v) is 10.7. The highest BCUT2D eigenvalue weighted by molar-refractivity contribution is 5.78. The Bertz CT molecular complexity index is 388. The number of methoxy groups -OCH3 is 1. The molecule has 1 rings (SSSR count). The molecule has 18 heavy (non-hydrogen) atoms. The van der Waals surface area contributed by atoms with Gasteiger partial charge in [-0.1, -0.05) is 13.3 Å². The van der Waals surface area contributed by atoms with Gasteiger partial charge in [-0.05, 0) is 30.7 Å². The first-order chi connectivity index (χ1) is 8.76. The minimum atomic E-state index is -0.279. The molecule has 0 atom stereocenters. The minimum Gasteiger partial charge on any atom is -0.497 e. The van der Waals surface area contributed by atoms with Gasteiger partial charge in [0.15, 0.2) is 6.61 Å². The van der Waals surface area contributed by atoms with Crippen molar-refractivity contribution in [2.75, 3.05) is 13.7 Å². The Hall–Kier alpha value is -2.04. The molecular formula is C13H18N2O3. The van der Waals surface area contributed by atoms with Crippen LogP contribution >= 0.6 is 0 Å². The second-order valence-corrected chi connectivity index (χ2v) is 3.60. The van der Waals surface area contributed by atoms with Crippen LogP contribution in [0, 0.1) is 0 Å². The van der Waals surface area contributed by atoms with Crippen molar-refractivity contribution in [3.8, 4) is 11.5 Å². The lowest BCUT2D eigenvalue weighted by Crippen LogP contribution is -2.24. The van der Waals surface area contributed by atoms with Gasteiger partial charge in [-0.2, -0.15) is 5.10 Å². The molecule has 0 saturated carbocycles. The van der Waals surface area contributed by atoms with E-state index in [0.717, 1.165) is 18.6 Å². The fourth-order valence-corrected chi connectivity index (χ4v) is 1.16. The summed E-state index contributed by atoms with van der Waals surface area (Å²) in [6, 6.07) is 7.03. The molecule has 0 aromatic heterocycles. The highest BCUT2D eigenvalue weighted by atomic mass is 16.5. The van der Waals surface area contributed by atoms with Crippen molar-refractivity contribution in [2.45, 2.75) is 19.8 Å². The number of hydrogen-bond donors (Lipinski definition) is 1. The largest absolute Gasteiger partial charge is 0.497 e. The molecule has 0 aliphatic rings. The molecule has 0 spiro atoms. The van der Waals surface area contributed by atoms with Gasteiger partial charge in [0.2, 0.25) is 0 Å². The van der Waals surface area contributed by atoms with E-state index < -0.39 is 0 Å². The summed E-state index contributed by atoms with van der Waals surface area (Å²) < 4.78 is 10.3. The summed E-state index contributed by atoms with van der Waals surface area (Å²) in [4.78, 5) is 11.3. The van der Waals surface area contributed by atoms with E-state index in [1.165, 1.54) is 0 Å². The van der Waals surface area contributed by atoms with Crippen LogP contribution in [-0.2, 0) is 4.79 Å². The van der Waals surface area contributed by atoms with Crippen LogP contribution in [0.15, 0.2) is 29.4 Å². The summed E-state index contributed by atoms with van der Waals surface area (Å²) in [6.07, 6.45) is 3.52. The van der Waals surface area contributed by atoms with Gasteiger partial charge in [0.05, 0.1) is 7.11 Å². The third-order valence-electron chi connectivity index (χ3n) is 2.13. The van der Waals surface area contributed by atoms with E-state index in [4.69, 9.17) is 9.47 Å². The lowest BCUT2D eigenvalue weighted by molar-refractivity contribution is -0.123. The zero-order valence-electron chi connectivity index (χ0n) is 10.7. The number of nitrogens with one attached hydrogen (secondary N) is 1. The second-order valence-electron chi connectivity index (χ2n) is 3.60. The van der Waals surface area contributed by atoms with Crippen molar-refractivity contribution in [1.29, 1.82) is 0 Å². The number of hydrogen-bond acceptors (Lipinski definition) is 4.